The summed E-state index contributed by atoms with van der Waals surface area (Å²) in [6, 6.07) is 59.1. The maximum atomic E-state index is 6.82. The standard InChI is InChI=1S/C68H68N2O2/c1-39(2)45-23-27-63(55(31-45)43(9)10)69(61-19-15-13-17-53(61)41(5)6)51-25-21-47-33-57-59-37-68-60(38-67(59)71-65(57)35-49(47)29-51)58-34-48-22-26-52(30-50(48)36-66(58)72-68)70(62-20-16-14-18-54(62)42(7)8)64-28-24-46(40(3)4)32-56(64)44(11)12/h13-44H,1-12H3. The summed E-state index contributed by atoms with van der Waals surface area (Å²) in [5, 5.41) is 8.87. The highest BCUT2D eigenvalue weighted by Crippen LogP contribution is 2.47. The van der Waals surface area contributed by atoms with Gasteiger partial charge in [0.25, 0.3) is 0 Å². The Morgan fingerprint density at radius 2 is 0.625 bits per heavy atom. The number of fused-ring (bicyclic) bond motifs is 8. The Kier molecular flexibility index (Phi) is 12.0. The van der Waals surface area contributed by atoms with Crippen LogP contribution in [0.1, 0.15) is 152 Å². The minimum Gasteiger partial charge on any atom is -0.456 e. The number of nitrogens with zero attached hydrogens (tertiary/aromatic N) is 2. The van der Waals surface area contributed by atoms with Gasteiger partial charge in [0.1, 0.15) is 22.3 Å². The number of hydrogen-bond acceptors (Lipinski definition) is 4. The third-order valence-corrected chi connectivity index (χ3v) is 15.2. The SMILES string of the molecule is CC(C)c1ccc(N(c2ccc3cc4c(cc3c2)oc2cc3c(cc24)oc2cc4cc(N(c5ccccc5C(C)C)c5ccc(C(C)C)cc5C(C)C)ccc4cc23)c2ccccc2C(C)C)c(C(C)C)c1. The summed E-state index contributed by atoms with van der Waals surface area (Å²) in [5.74, 6) is 2.29. The second-order valence-electron chi connectivity index (χ2n) is 22.2. The van der Waals surface area contributed by atoms with Crippen molar-refractivity contribution in [2.75, 3.05) is 9.80 Å². The molecule has 11 aromatic rings. The lowest BCUT2D eigenvalue weighted by atomic mass is 9.92. The van der Waals surface area contributed by atoms with E-state index in [2.05, 4.69) is 251 Å². The van der Waals surface area contributed by atoms with Crippen molar-refractivity contribution in [3.8, 4) is 0 Å². The second-order valence-corrected chi connectivity index (χ2v) is 22.2. The average molecular weight is 945 g/mol. The van der Waals surface area contributed by atoms with Crippen molar-refractivity contribution in [3.05, 3.63) is 191 Å². The van der Waals surface area contributed by atoms with Crippen molar-refractivity contribution < 1.29 is 8.83 Å². The molecule has 2 heterocycles. The Balaban J connectivity index is 1.02. The van der Waals surface area contributed by atoms with E-state index in [1.807, 2.05) is 0 Å². The number of rotatable bonds is 12. The molecule has 362 valence electrons. The van der Waals surface area contributed by atoms with Crippen LogP contribution in [0.4, 0.5) is 34.1 Å². The van der Waals surface area contributed by atoms with Gasteiger partial charge in [-0.1, -0.05) is 156 Å². The molecule has 0 bridgehead atoms. The van der Waals surface area contributed by atoms with Crippen LogP contribution in [-0.2, 0) is 0 Å². The van der Waals surface area contributed by atoms with Crippen molar-refractivity contribution in [1.29, 1.82) is 0 Å². The number of anilines is 6. The van der Waals surface area contributed by atoms with Crippen LogP contribution in [0.15, 0.2) is 167 Å². The van der Waals surface area contributed by atoms with Gasteiger partial charge in [-0.05, 0) is 175 Å². The van der Waals surface area contributed by atoms with E-state index >= 15 is 0 Å². The van der Waals surface area contributed by atoms with Gasteiger partial charge in [0.2, 0.25) is 0 Å². The molecule has 0 radical (unpaired) electrons. The molecular formula is C68H68N2O2. The Morgan fingerprint density at radius 3 is 1.00 bits per heavy atom. The summed E-state index contributed by atoms with van der Waals surface area (Å²) < 4.78 is 13.6. The fourth-order valence-corrected chi connectivity index (χ4v) is 11.2. The van der Waals surface area contributed by atoms with Gasteiger partial charge in [0, 0.05) is 55.7 Å². The van der Waals surface area contributed by atoms with Crippen molar-refractivity contribution in [1.82, 2.24) is 0 Å². The molecule has 4 nitrogen and oxygen atoms in total. The quantitative estimate of drug-likeness (QED) is 0.122. The molecule has 9 aromatic carbocycles. The van der Waals surface area contributed by atoms with E-state index in [4.69, 9.17) is 8.83 Å². The summed E-state index contributed by atoms with van der Waals surface area (Å²) >= 11 is 0. The summed E-state index contributed by atoms with van der Waals surface area (Å²) in [6.07, 6.45) is 0. The third-order valence-electron chi connectivity index (χ3n) is 15.2. The number of hydrogen-bond donors (Lipinski definition) is 0. The molecule has 0 atom stereocenters. The smallest absolute Gasteiger partial charge is 0.136 e. The van der Waals surface area contributed by atoms with E-state index < -0.39 is 0 Å². The molecule has 0 fully saturated rings. The molecule has 0 spiro atoms. The fraction of sp³-hybridized carbons (Fsp3) is 0.265. The Bertz CT molecular complexity index is 3610. The van der Waals surface area contributed by atoms with Gasteiger partial charge < -0.3 is 18.6 Å². The van der Waals surface area contributed by atoms with E-state index in [0.717, 1.165) is 66.0 Å². The van der Waals surface area contributed by atoms with E-state index in [0.29, 0.717) is 35.5 Å². The molecule has 0 unspecified atom stereocenters. The van der Waals surface area contributed by atoms with Crippen LogP contribution >= 0.6 is 0 Å². The van der Waals surface area contributed by atoms with Gasteiger partial charge >= 0.3 is 0 Å². The molecule has 4 heteroatoms. The van der Waals surface area contributed by atoms with Gasteiger partial charge in [-0.2, -0.15) is 0 Å². The zero-order chi connectivity index (χ0) is 50.3. The molecule has 0 aliphatic rings. The van der Waals surface area contributed by atoms with Gasteiger partial charge in [-0.3, -0.25) is 0 Å². The molecule has 0 N–H and O–H groups in total. The minimum absolute atomic E-state index is 0.345. The molecule has 11 rings (SSSR count). The predicted octanol–water partition coefficient (Wildman–Crippen LogP) is 21.5. The van der Waals surface area contributed by atoms with Crippen LogP contribution in [0.3, 0.4) is 0 Å². The van der Waals surface area contributed by atoms with Crippen LogP contribution in [0.2, 0.25) is 0 Å². The average Bonchev–Trinajstić information content (AvgIpc) is 3.89. The van der Waals surface area contributed by atoms with E-state index in [-0.39, 0.29) is 0 Å². The third kappa shape index (κ3) is 8.19. The summed E-state index contributed by atoms with van der Waals surface area (Å²) in [4.78, 5) is 4.97. The Labute approximate surface area is 425 Å². The highest BCUT2D eigenvalue weighted by Gasteiger charge is 2.25. The zero-order valence-electron chi connectivity index (χ0n) is 44.2. The first-order chi connectivity index (χ1) is 34.6. The number of benzene rings is 9. The van der Waals surface area contributed by atoms with Gasteiger partial charge in [-0.25, -0.2) is 0 Å². The Hall–Kier alpha value is -7.30. The molecule has 0 aliphatic heterocycles. The molecule has 72 heavy (non-hydrogen) atoms. The lowest BCUT2D eigenvalue weighted by Gasteiger charge is -2.32. The molecule has 2 aromatic heterocycles. The first-order valence-electron chi connectivity index (χ1n) is 26.4. The number of furan rings is 2. The topological polar surface area (TPSA) is 32.8 Å². The first-order valence-corrected chi connectivity index (χ1v) is 26.4. The molecule has 0 saturated carbocycles. The lowest BCUT2D eigenvalue weighted by Crippen LogP contribution is -2.15. The van der Waals surface area contributed by atoms with Crippen molar-refractivity contribution in [2.24, 2.45) is 0 Å². The van der Waals surface area contributed by atoms with Crippen LogP contribution in [0, 0.1) is 0 Å². The van der Waals surface area contributed by atoms with Crippen LogP contribution in [-0.4, -0.2) is 0 Å². The highest BCUT2D eigenvalue weighted by atomic mass is 16.3. The fourth-order valence-electron chi connectivity index (χ4n) is 11.2. The van der Waals surface area contributed by atoms with Crippen LogP contribution in [0.5, 0.6) is 0 Å². The molecule has 0 amide bonds. The summed E-state index contributed by atoms with van der Waals surface area (Å²) in [5.41, 5.74) is 18.6. The van der Waals surface area contributed by atoms with E-state index in [9.17, 15) is 0 Å². The zero-order valence-corrected chi connectivity index (χ0v) is 44.2. The van der Waals surface area contributed by atoms with E-state index in [1.165, 1.54) is 66.9 Å². The van der Waals surface area contributed by atoms with Gasteiger partial charge in [0.15, 0.2) is 0 Å². The van der Waals surface area contributed by atoms with E-state index in [1.54, 1.807) is 0 Å². The normalized spacial score (nSPS) is 12.4. The van der Waals surface area contributed by atoms with Crippen molar-refractivity contribution in [2.45, 2.75) is 119 Å². The van der Waals surface area contributed by atoms with Crippen LogP contribution in [0.25, 0.3) is 65.4 Å². The molecular weight excluding hydrogens is 877 g/mol. The second kappa shape index (κ2) is 18.4. The van der Waals surface area contributed by atoms with Crippen molar-refractivity contribution >= 4 is 99.5 Å². The van der Waals surface area contributed by atoms with Crippen LogP contribution < -0.4 is 9.80 Å². The van der Waals surface area contributed by atoms with Gasteiger partial charge in [0.05, 0.1) is 0 Å². The summed E-state index contributed by atoms with van der Waals surface area (Å²) in [7, 11) is 0. The largest absolute Gasteiger partial charge is 0.456 e. The minimum atomic E-state index is 0.345. The summed E-state index contributed by atoms with van der Waals surface area (Å²) in [6.45, 7) is 27.5. The monoisotopic (exact) mass is 945 g/mol. The lowest BCUT2D eigenvalue weighted by molar-refractivity contribution is 0.664. The predicted molar refractivity (Wildman–Crippen MR) is 310 cm³/mol. The molecule has 0 saturated heterocycles. The maximum absolute atomic E-state index is 6.82. The maximum Gasteiger partial charge on any atom is 0.136 e. The van der Waals surface area contributed by atoms with Gasteiger partial charge in [-0.15, -0.1) is 0 Å². The Morgan fingerprint density at radius 1 is 0.278 bits per heavy atom. The first kappa shape index (κ1) is 47.0. The highest BCUT2D eigenvalue weighted by molar-refractivity contribution is 6.18. The molecule has 0 aliphatic carbocycles. The van der Waals surface area contributed by atoms with Crippen molar-refractivity contribution in [3.63, 3.8) is 0 Å². The number of para-hydroxylation sites is 2.